The number of hydrogen-bond donors (Lipinski definition) is 0. The van der Waals surface area contributed by atoms with E-state index in [0.717, 1.165) is 12.5 Å². The second-order valence-electron chi connectivity index (χ2n) is 2.37. The molecule has 0 saturated carbocycles. The summed E-state index contributed by atoms with van der Waals surface area (Å²) in [6, 6.07) is 0. The van der Waals surface area contributed by atoms with Crippen molar-refractivity contribution in [3.8, 4) is 0 Å². The second-order valence-corrected chi connectivity index (χ2v) is 2.37. The van der Waals surface area contributed by atoms with Gasteiger partial charge in [0, 0.05) is 12.7 Å². The molecule has 0 bridgehead atoms. The fourth-order valence-electron chi connectivity index (χ4n) is 0.849. The summed E-state index contributed by atoms with van der Waals surface area (Å²) in [7, 11) is 0. The van der Waals surface area contributed by atoms with Crippen LogP contribution in [0.15, 0.2) is 12.7 Å². The molecule has 1 aliphatic heterocycles. The van der Waals surface area contributed by atoms with Gasteiger partial charge < -0.3 is 14.2 Å². The van der Waals surface area contributed by atoms with E-state index in [2.05, 4.69) is 6.58 Å². The van der Waals surface area contributed by atoms with E-state index in [4.69, 9.17) is 14.2 Å². The van der Waals surface area contributed by atoms with Crippen molar-refractivity contribution in [2.24, 2.45) is 0 Å². The van der Waals surface area contributed by atoms with Crippen molar-refractivity contribution >= 4 is 5.97 Å². The summed E-state index contributed by atoms with van der Waals surface area (Å²) in [4.78, 5) is 10.7. The molecule has 0 aromatic carbocycles. The zero-order chi connectivity index (χ0) is 8.81. The Labute approximate surface area is 71.1 Å². The Kier molecular flexibility index (Phi) is 3.76. The fourth-order valence-corrected chi connectivity index (χ4v) is 0.849. The summed E-state index contributed by atoms with van der Waals surface area (Å²) in [6.07, 6.45) is 1.37. The number of ether oxygens (including phenoxy) is 3. The molecule has 1 atom stereocenters. The van der Waals surface area contributed by atoms with E-state index in [1.807, 2.05) is 0 Å². The van der Waals surface area contributed by atoms with E-state index in [0.29, 0.717) is 19.8 Å². The van der Waals surface area contributed by atoms with Gasteiger partial charge in [-0.1, -0.05) is 6.58 Å². The smallest absolute Gasteiger partial charge is 0.332 e. The highest BCUT2D eigenvalue weighted by atomic mass is 16.7. The van der Waals surface area contributed by atoms with Gasteiger partial charge in [0.2, 0.25) is 6.29 Å². The van der Waals surface area contributed by atoms with Crippen molar-refractivity contribution in [3.63, 3.8) is 0 Å². The lowest BCUT2D eigenvalue weighted by Gasteiger charge is -2.13. The second kappa shape index (κ2) is 4.90. The van der Waals surface area contributed by atoms with E-state index in [-0.39, 0.29) is 0 Å². The molecule has 4 nitrogen and oxygen atoms in total. The van der Waals surface area contributed by atoms with E-state index < -0.39 is 12.3 Å². The van der Waals surface area contributed by atoms with Crippen molar-refractivity contribution in [1.29, 1.82) is 0 Å². The first kappa shape index (κ1) is 9.22. The monoisotopic (exact) mass is 172 g/mol. The fraction of sp³-hybridized carbons (Fsp3) is 0.625. The van der Waals surface area contributed by atoms with Gasteiger partial charge >= 0.3 is 5.97 Å². The Hall–Kier alpha value is -0.870. The van der Waals surface area contributed by atoms with E-state index in [1.54, 1.807) is 0 Å². The van der Waals surface area contributed by atoms with Gasteiger partial charge in [0.25, 0.3) is 0 Å². The Morgan fingerprint density at radius 2 is 2.42 bits per heavy atom. The molecule has 0 spiro atoms. The van der Waals surface area contributed by atoms with Crippen LogP contribution in [0.5, 0.6) is 0 Å². The van der Waals surface area contributed by atoms with E-state index >= 15 is 0 Å². The zero-order valence-corrected chi connectivity index (χ0v) is 6.82. The number of carbonyl (C=O) groups is 1. The van der Waals surface area contributed by atoms with Crippen LogP contribution in [-0.4, -0.2) is 32.1 Å². The molecule has 1 fully saturated rings. The summed E-state index contributed by atoms with van der Waals surface area (Å²) in [5, 5.41) is 0. The van der Waals surface area contributed by atoms with Crippen molar-refractivity contribution in [2.75, 3.05) is 19.8 Å². The Bertz CT molecular complexity index is 158. The minimum Gasteiger partial charge on any atom is -0.430 e. The summed E-state index contributed by atoms with van der Waals surface area (Å²) >= 11 is 0. The first-order valence-electron chi connectivity index (χ1n) is 3.85. The molecule has 4 heteroatoms. The summed E-state index contributed by atoms with van der Waals surface area (Å²) in [6.45, 7) is 4.80. The lowest BCUT2D eigenvalue weighted by atomic mass is 10.5. The molecular weight excluding hydrogens is 160 g/mol. The first-order valence-corrected chi connectivity index (χ1v) is 3.85. The summed E-state index contributed by atoms with van der Waals surface area (Å²) in [5.41, 5.74) is 0. The molecule has 12 heavy (non-hydrogen) atoms. The maximum Gasteiger partial charge on any atom is 0.332 e. The summed E-state index contributed by atoms with van der Waals surface area (Å²) < 4.78 is 15.1. The molecule has 1 rings (SSSR count). The average molecular weight is 172 g/mol. The Morgan fingerprint density at radius 3 is 3.17 bits per heavy atom. The molecule has 1 saturated heterocycles. The third-order valence-corrected chi connectivity index (χ3v) is 1.40. The molecular formula is C8H12O4. The van der Waals surface area contributed by atoms with Crippen molar-refractivity contribution in [2.45, 2.75) is 12.7 Å². The maximum atomic E-state index is 10.7. The van der Waals surface area contributed by atoms with Crippen LogP contribution in [0, 0.1) is 0 Å². The highest BCUT2D eigenvalue weighted by Crippen LogP contribution is 2.03. The molecule has 0 aromatic rings. The van der Waals surface area contributed by atoms with Gasteiger partial charge in [-0.15, -0.1) is 0 Å². The van der Waals surface area contributed by atoms with Crippen LogP contribution in [0.25, 0.3) is 0 Å². The average Bonchev–Trinajstić information content (AvgIpc) is 2.33. The Morgan fingerprint density at radius 1 is 1.58 bits per heavy atom. The minimum atomic E-state index is -0.571. The first-order chi connectivity index (χ1) is 5.83. The maximum absolute atomic E-state index is 10.7. The molecule has 1 heterocycles. The van der Waals surface area contributed by atoms with Crippen molar-refractivity contribution in [1.82, 2.24) is 0 Å². The van der Waals surface area contributed by atoms with Crippen molar-refractivity contribution < 1.29 is 19.0 Å². The highest BCUT2D eigenvalue weighted by molar-refractivity contribution is 5.81. The van der Waals surface area contributed by atoms with Crippen LogP contribution in [0.2, 0.25) is 0 Å². The molecule has 0 aliphatic carbocycles. The van der Waals surface area contributed by atoms with Crippen LogP contribution in [0.1, 0.15) is 6.42 Å². The lowest BCUT2D eigenvalue weighted by molar-refractivity contribution is -0.178. The van der Waals surface area contributed by atoms with Crippen LogP contribution in [-0.2, 0) is 19.0 Å². The number of esters is 1. The lowest BCUT2D eigenvalue weighted by Crippen LogP contribution is -2.23. The predicted molar refractivity (Wildman–Crippen MR) is 41.5 cm³/mol. The highest BCUT2D eigenvalue weighted by Gasteiger charge is 2.15. The Balaban J connectivity index is 2.29. The van der Waals surface area contributed by atoms with Crippen LogP contribution >= 0.6 is 0 Å². The molecule has 0 N–H and O–H groups in total. The minimum absolute atomic E-state index is 0.305. The largest absolute Gasteiger partial charge is 0.430 e. The molecule has 0 radical (unpaired) electrons. The zero-order valence-electron chi connectivity index (χ0n) is 6.82. The standard InChI is InChI=1S/C8H12O4/c1-2-7(9)12-8-6-10-4-3-5-11-8/h2,8H,1,3-6H2. The molecule has 0 aromatic heterocycles. The molecule has 68 valence electrons. The van der Waals surface area contributed by atoms with Gasteiger partial charge in [-0.3, -0.25) is 0 Å². The quantitative estimate of drug-likeness (QED) is 0.449. The third-order valence-electron chi connectivity index (χ3n) is 1.40. The van der Waals surface area contributed by atoms with Gasteiger partial charge in [-0.25, -0.2) is 4.79 Å². The van der Waals surface area contributed by atoms with Crippen LogP contribution in [0.4, 0.5) is 0 Å². The van der Waals surface area contributed by atoms with Gasteiger partial charge in [-0.05, 0) is 6.42 Å². The third kappa shape index (κ3) is 3.02. The van der Waals surface area contributed by atoms with Crippen LogP contribution in [0.3, 0.4) is 0 Å². The van der Waals surface area contributed by atoms with Gasteiger partial charge in [0.15, 0.2) is 0 Å². The number of carbonyl (C=O) groups excluding carboxylic acids is 1. The number of hydrogen-bond acceptors (Lipinski definition) is 4. The van der Waals surface area contributed by atoms with E-state index in [1.165, 1.54) is 0 Å². The molecule has 1 unspecified atom stereocenters. The molecule has 1 aliphatic rings. The van der Waals surface area contributed by atoms with Crippen LogP contribution < -0.4 is 0 Å². The molecule has 0 amide bonds. The topological polar surface area (TPSA) is 44.8 Å². The number of rotatable bonds is 2. The van der Waals surface area contributed by atoms with E-state index in [9.17, 15) is 4.79 Å². The van der Waals surface area contributed by atoms with Gasteiger partial charge in [0.05, 0.1) is 6.61 Å². The summed E-state index contributed by atoms with van der Waals surface area (Å²) in [5.74, 6) is -0.481. The normalized spacial score (nSPS) is 24.2. The van der Waals surface area contributed by atoms with Crippen molar-refractivity contribution in [3.05, 3.63) is 12.7 Å². The van der Waals surface area contributed by atoms with Gasteiger partial charge in [-0.2, -0.15) is 0 Å². The predicted octanol–water partition coefficient (Wildman–Crippen LogP) is 0.479. The SMILES string of the molecule is C=CC(=O)OC1COCCCO1. The van der Waals surface area contributed by atoms with Gasteiger partial charge in [0.1, 0.15) is 6.61 Å².